The summed E-state index contributed by atoms with van der Waals surface area (Å²) in [6, 6.07) is 10.4. The number of rotatable bonds is 5. The van der Waals surface area contributed by atoms with Gasteiger partial charge in [-0.3, -0.25) is 9.59 Å². The van der Waals surface area contributed by atoms with E-state index in [1.54, 1.807) is 4.90 Å². The average Bonchev–Trinajstić information content (AvgIpc) is 3.26. The molecule has 3 heterocycles. The van der Waals surface area contributed by atoms with Crippen LogP contribution in [-0.4, -0.2) is 65.4 Å². The number of anilines is 3. The lowest BCUT2D eigenvalue weighted by molar-refractivity contribution is -0.136. The van der Waals surface area contributed by atoms with Crippen molar-refractivity contribution in [2.75, 3.05) is 47.8 Å². The standard InChI is InChI=1S/C27H36N6O2/c1-19-8-10-23(11-9-19)33-18-21(17-25(33)34)26(35)32-14-12-31(13-15-32)24-16-20(2)28-27(30-24)29-22-6-4-3-5-7-22/h8-11,16,21-22H,3-7,12-15,17-18H2,1-2H3,(H,28,29,30). The third-order valence-electron chi connectivity index (χ3n) is 7.51. The van der Waals surface area contributed by atoms with E-state index >= 15 is 0 Å². The quantitative estimate of drug-likeness (QED) is 0.711. The summed E-state index contributed by atoms with van der Waals surface area (Å²) in [5.41, 5.74) is 2.98. The summed E-state index contributed by atoms with van der Waals surface area (Å²) in [6.07, 6.45) is 6.49. The largest absolute Gasteiger partial charge is 0.353 e. The summed E-state index contributed by atoms with van der Waals surface area (Å²) in [7, 11) is 0. The molecule has 2 aliphatic heterocycles. The molecule has 0 radical (unpaired) electrons. The number of carbonyl (C=O) groups excluding carboxylic acids is 2. The molecule has 3 aliphatic rings. The molecule has 2 saturated heterocycles. The second kappa shape index (κ2) is 10.2. The summed E-state index contributed by atoms with van der Waals surface area (Å²) in [5, 5.41) is 3.54. The molecule has 3 fully saturated rings. The van der Waals surface area contributed by atoms with Crippen molar-refractivity contribution in [3.05, 3.63) is 41.6 Å². The van der Waals surface area contributed by atoms with E-state index < -0.39 is 0 Å². The number of piperazine rings is 1. The first-order valence-electron chi connectivity index (χ1n) is 13.0. The maximum atomic E-state index is 13.2. The molecule has 1 aromatic carbocycles. The summed E-state index contributed by atoms with van der Waals surface area (Å²) in [6.45, 7) is 7.24. The molecule has 2 amide bonds. The molecule has 8 heteroatoms. The van der Waals surface area contributed by atoms with Gasteiger partial charge in [-0.15, -0.1) is 0 Å². The highest BCUT2D eigenvalue weighted by molar-refractivity contribution is 6.00. The molecule has 1 saturated carbocycles. The van der Waals surface area contributed by atoms with Gasteiger partial charge in [-0.25, -0.2) is 4.98 Å². The first-order chi connectivity index (χ1) is 17.0. The minimum absolute atomic E-state index is 0.0281. The van der Waals surface area contributed by atoms with Gasteiger partial charge >= 0.3 is 0 Å². The van der Waals surface area contributed by atoms with Crippen molar-refractivity contribution in [1.82, 2.24) is 14.9 Å². The first kappa shape index (κ1) is 23.6. The maximum Gasteiger partial charge on any atom is 0.228 e. The van der Waals surface area contributed by atoms with Crippen LogP contribution in [0.2, 0.25) is 0 Å². The van der Waals surface area contributed by atoms with E-state index in [0.717, 1.165) is 35.9 Å². The number of nitrogens with zero attached hydrogens (tertiary/aromatic N) is 5. The van der Waals surface area contributed by atoms with Crippen molar-refractivity contribution < 1.29 is 9.59 Å². The Bertz CT molecular complexity index is 1060. The monoisotopic (exact) mass is 476 g/mol. The van der Waals surface area contributed by atoms with Crippen LogP contribution in [0.4, 0.5) is 17.5 Å². The molecule has 1 aromatic heterocycles. The fourth-order valence-electron chi connectivity index (χ4n) is 5.47. The highest BCUT2D eigenvalue weighted by Crippen LogP contribution is 2.28. The summed E-state index contributed by atoms with van der Waals surface area (Å²) < 4.78 is 0. The van der Waals surface area contributed by atoms with Crippen LogP contribution in [0, 0.1) is 19.8 Å². The highest BCUT2D eigenvalue weighted by Gasteiger charge is 2.38. The molecular weight excluding hydrogens is 440 g/mol. The molecule has 186 valence electrons. The van der Waals surface area contributed by atoms with Gasteiger partial charge in [-0.05, 0) is 38.8 Å². The number of carbonyl (C=O) groups is 2. The van der Waals surface area contributed by atoms with Crippen LogP contribution in [0.15, 0.2) is 30.3 Å². The van der Waals surface area contributed by atoms with Crippen molar-refractivity contribution in [2.24, 2.45) is 5.92 Å². The van der Waals surface area contributed by atoms with E-state index in [-0.39, 0.29) is 24.2 Å². The Kier molecular flexibility index (Phi) is 6.88. The molecule has 1 N–H and O–H groups in total. The summed E-state index contributed by atoms with van der Waals surface area (Å²) in [4.78, 5) is 41.2. The second-order valence-electron chi connectivity index (χ2n) is 10.2. The molecule has 0 spiro atoms. The lowest BCUT2D eigenvalue weighted by atomic mass is 9.96. The molecule has 8 nitrogen and oxygen atoms in total. The van der Waals surface area contributed by atoms with Crippen LogP contribution in [0.25, 0.3) is 0 Å². The number of aryl methyl sites for hydroxylation is 2. The number of aromatic nitrogens is 2. The summed E-state index contributed by atoms with van der Waals surface area (Å²) >= 11 is 0. The van der Waals surface area contributed by atoms with Crippen LogP contribution in [-0.2, 0) is 9.59 Å². The van der Waals surface area contributed by atoms with E-state index in [1.165, 1.54) is 32.1 Å². The van der Waals surface area contributed by atoms with Crippen LogP contribution < -0.4 is 15.1 Å². The molecule has 0 bridgehead atoms. The van der Waals surface area contributed by atoms with Crippen molar-refractivity contribution in [3.63, 3.8) is 0 Å². The van der Waals surface area contributed by atoms with E-state index in [9.17, 15) is 9.59 Å². The number of hydrogen-bond donors (Lipinski definition) is 1. The lowest BCUT2D eigenvalue weighted by Crippen LogP contribution is -2.51. The third-order valence-corrected chi connectivity index (χ3v) is 7.51. The Labute approximate surface area is 207 Å². The average molecular weight is 477 g/mol. The van der Waals surface area contributed by atoms with Gasteiger partial charge in [0.2, 0.25) is 17.8 Å². The Balaban J connectivity index is 1.18. The van der Waals surface area contributed by atoms with Crippen molar-refractivity contribution in [2.45, 2.75) is 58.4 Å². The zero-order valence-corrected chi connectivity index (χ0v) is 20.9. The van der Waals surface area contributed by atoms with Gasteiger partial charge in [-0.1, -0.05) is 37.0 Å². The fourth-order valence-corrected chi connectivity index (χ4v) is 5.47. The van der Waals surface area contributed by atoms with Gasteiger partial charge in [0.1, 0.15) is 5.82 Å². The number of benzene rings is 1. The van der Waals surface area contributed by atoms with E-state index in [1.807, 2.05) is 49.1 Å². The Morgan fingerprint density at radius 2 is 1.69 bits per heavy atom. The van der Waals surface area contributed by atoms with Gasteiger partial charge in [0, 0.05) is 62.6 Å². The fraction of sp³-hybridized carbons (Fsp3) is 0.556. The van der Waals surface area contributed by atoms with Crippen molar-refractivity contribution in [3.8, 4) is 0 Å². The predicted molar refractivity (Wildman–Crippen MR) is 138 cm³/mol. The molecule has 2 aromatic rings. The SMILES string of the molecule is Cc1ccc(N2CC(C(=O)N3CCN(c4cc(C)nc(NC5CCCCC5)n4)CC3)CC2=O)cc1. The van der Waals surface area contributed by atoms with Crippen molar-refractivity contribution >= 4 is 29.3 Å². The molecule has 1 unspecified atom stereocenters. The zero-order chi connectivity index (χ0) is 24.4. The zero-order valence-electron chi connectivity index (χ0n) is 20.9. The van der Waals surface area contributed by atoms with Crippen molar-refractivity contribution in [1.29, 1.82) is 0 Å². The van der Waals surface area contributed by atoms with E-state index in [4.69, 9.17) is 4.98 Å². The summed E-state index contributed by atoms with van der Waals surface area (Å²) in [5.74, 6) is 1.48. The van der Waals surface area contributed by atoms with Gasteiger partial charge in [0.15, 0.2) is 0 Å². The Morgan fingerprint density at radius 1 is 0.971 bits per heavy atom. The lowest BCUT2D eigenvalue weighted by Gasteiger charge is -2.36. The topological polar surface area (TPSA) is 81.7 Å². The van der Waals surface area contributed by atoms with Gasteiger partial charge in [-0.2, -0.15) is 4.98 Å². The Morgan fingerprint density at radius 3 is 2.40 bits per heavy atom. The first-order valence-corrected chi connectivity index (χ1v) is 13.0. The normalized spacial score (nSPS) is 21.5. The highest BCUT2D eigenvalue weighted by atomic mass is 16.2. The van der Waals surface area contributed by atoms with Crippen LogP contribution in [0.1, 0.15) is 49.8 Å². The smallest absolute Gasteiger partial charge is 0.228 e. The maximum absolute atomic E-state index is 13.2. The number of amides is 2. The van der Waals surface area contributed by atoms with Crippen LogP contribution in [0.3, 0.4) is 0 Å². The van der Waals surface area contributed by atoms with E-state index in [2.05, 4.69) is 15.2 Å². The van der Waals surface area contributed by atoms with Crippen LogP contribution in [0.5, 0.6) is 0 Å². The second-order valence-corrected chi connectivity index (χ2v) is 10.2. The minimum Gasteiger partial charge on any atom is -0.353 e. The molecular formula is C27H36N6O2. The third kappa shape index (κ3) is 5.41. The number of hydrogen-bond acceptors (Lipinski definition) is 6. The molecule has 1 atom stereocenters. The Hall–Kier alpha value is -3.16. The number of nitrogens with one attached hydrogen (secondary N) is 1. The molecule has 5 rings (SSSR count). The van der Waals surface area contributed by atoms with Gasteiger partial charge < -0.3 is 20.0 Å². The molecule has 1 aliphatic carbocycles. The van der Waals surface area contributed by atoms with E-state index in [0.29, 0.717) is 31.6 Å². The van der Waals surface area contributed by atoms with Gasteiger partial charge in [0.25, 0.3) is 0 Å². The minimum atomic E-state index is -0.275. The van der Waals surface area contributed by atoms with Gasteiger partial charge in [0.05, 0.1) is 5.92 Å². The molecule has 35 heavy (non-hydrogen) atoms. The predicted octanol–water partition coefficient (Wildman–Crippen LogP) is 3.54. The van der Waals surface area contributed by atoms with Crippen LogP contribution >= 0.6 is 0 Å².